The molecule has 0 saturated carbocycles. The number of aromatic amines is 1. The second kappa shape index (κ2) is 8.27. The molecule has 0 radical (unpaired) electrons. The fourth-order valence-electron chi connectivity index (χ4n) is 4.09. The minimum atomic E-state index is -1.08. The van der Waals surface area contributed by atoms with Crippen LogP contribution in [0.5, 0.6) is 0 Å². The molecule has 0 unspecified atom stereocenters. The summed E-state index contributed by atoms with van der Waals surface area (Å²) in [6.07, 6.45) is 4.26. The van der Waals surface area contributed by atoms with Gasteiger partial charge in [0.1, 0.15) is 12.6 Å². The van der Waals surface area contributed by atoms with Crippen molar-refractivity contribution in [1.29, 1.82) is 0 Å². The van der Waals surface area contributed by atoms with Gasteiger partial charge in [0.2, 0.25) is 5.89 Å². The van der Waals surface area contributed by atoms with Crippen molar-refractivity contribution >= 4 is 66.5 Å². The summed E-state index contributed by atoms with van der Waals surface area (Å²) < 4.78 is 8.00. The smallest absolute Gasteiger partial charge is 0.205 e. The molecule has 0 saturated heterocycles. The van der Waals surface area contributed by atoms with Crippen molar-refractivity contribution in [3.8, 4) is 0 Å². The minimum absolute atomic E-state index is 0.0605. The Morgan fingerprint density at radius 2 is 1.84 bits per heavy atom. The number of H-pyrrole nitrogens is 1. The molecule has 164 valence electrons. The maximum atomic E-state index is 11.3. The largest absolute Gasteiger partial charge is 0.550 e. The number of fused-ring (bicyclic) bond motifs is 6. The summed E-state index contributed by atoms with van der Waals surface area (Å²) in [5.41, 5.74) is 6.26. The van der Waals surface area contributed by atoms with Crippen LogP contribution in [-0.2, 0) is 22.4 Å². The number of carbonyl (C=O) groups is 2. The molecule has 3 heterocycles. The number of aryl methyl sites for hydroxylation is 3. The summed E-state index contributed by atoms with van der Waals surface area (Å²) in [4.78, 5) is 28.5. The maximum Gasteiger partial charge on any atom is 0.205 e. The van der Waals surface area contributed by atoms with Crippen LogP contribution >= 0.6 is 11.8 Å². The molecule has 0 aliphatic rings. The Morgan fingerprint density at radius 3 is 2.53 bits per heavy atom. The highest BCUT2D eigenvalue weighted by Crippen LogP contribution is 2.39. The van der Waals surface area contributed by atoms with Crippen LogP contribution in [0.4, 0.5) is 0 Å². The molecule has 32 heavy (non-hydrogen) atoms. The molecule has 0 spiro atoms. The number of oxazole rings is 1. The van der Waals surface area contributed by atoms with Gasteiger partial charge in [-0.15, -0.1) is 0 Å². The van der Waals surface area contributed by atoms with Gasteiger partial charge in [0, 0.05) is 40.6 Å². The number of carboxylic acid groups (broad SMARTS) is 1. The Labute approximate surface area is 188 Å². The fraction of sp³-hybridized carbons (Fsp3) is 0.250. The average Bonchev–Trinajstić information content (AvgIpc) is 3.31. The van der Waals surface area contributed by atoms with E-state index in [9.17, 15) is 4.79 Å². The topological polar surface area (TPSA) is 103 Å². The van der Waals surface area contributed by atoms with Gasteiger partial charge < -0.3 is 19.3 Å². The van der Waals surface area contributed by atoms with Crippen molar-refractivity contribution in [3.63, 3.8) is 0 Å². The number of aliphatic carboxylic acids is 1. The molecule has 0 fully saturated rings. The normalized spacial score (nSPS) is 11.3. The highest BCUT2D eigenvalue weighted by molar-refractivity contribution is 8.12. The second-order valence-electron chi connectivity index (χ2n) is 7.78. The van der Waals surface area contributed by atoms with E-state index in [0.29, 0.717) is 11.6 Å². The van der Waals surface area contributed by atoms with E-state index < -0.39 is 5.97 Å². The van der Waals surface area contributed by atoms with Crippen LogP contribution in [0, 0.1) is 13.8 Å². The third-order valence-corrected chi connectivity index (χ3v) is 6.22. The van der Waals surface area contributed by atoms with Gasteiger partial charge in [0.25, 0.3) is 0 Å². The predicted octanol–water partition coefficient (Wildman–Crippen LogP) is 3.59. The zero-order valence-electron chi connectivity index (χ0n) is 18.5. The number of nitrogens with one attached hydrogen (secondary N) is 1. The van der Waals surface area contributed by atoms with Crippen LogP contribution in [0.15, 0.2) is 35.0 Å². The van der Waals surface area contributed by atoms with Crippen LogP contribution < -0.4 is 9.67 Å². The SMILES string of the molecule is CC(=O)SCc1nc2c(ccc3[nH]c4c(C)c5cc[n+](C)cc5c(C)c4c32)o1.CC(=O)[O-]. The van der Waals surface area contributed by atoms with Crippen LogP contribution in [0.1, 0.15) is 30.9 Å². The Morgan fingerprint density at radius 1 is 1.12 bits per heavy atom. The number of aromatic nitrogens is 3. The molecule has 0 aliphatic heterocycles. The van der Waals surface area contributed by atoms with Gasteiger partial charge in [-0.05, 0) is 49.4 Å². The number of benzene rings is 2. The van der Waals surface area contributed by atoms with E-state index in [2.05, 4.69) is 41.9 Å². The van der Waals surface area contributed by atoms with E-state index in [4.69, 9.17) is 19.3 Å². The molecule has 0 amide bonds. The zero-order valence-corrected chi connectivity index (χ0v) is 19.3. The predicted molar refractivity (Wildman–Crippen MR) is 124 cm³/mol. The summed E-state index contributed by atoms with van der Waals surface area (Å²) >= 11 is 1.21. The molecule has 0 bridgehead atoms. The molecular formula is C24H23N3O4S. The number of rotatable bonds is 2. The summed E-state index contributed by atoms with van der Waals surface area (Å²) in [5, 5.41) is 13.7. The molecule has 2 aromatic carbocycles. The van der Waals surface area contributed by atoms with E-state index >= 15 is 0 Å². The number of hydrogen-bond donors (Lipinski definition) is 1. The van der Waals surface area contributed by atoms with Crippen molar-refractivity contribution in [3.05, 3.63) is 47.6 Å². The lowest BCUT2D eigenvalue weighted by Gasteiger charge is -2.07. The van der Waals surface area contributed by atoms with Crippen molar-refractivity contribution in [2.24, 2.45) is 7.05 Å². The molecule has 8 heteroatoms. The van der Waals surface area contributed by atoms with Crippen LogP contribution in [0.3, 0.4) is 0 Å². The monoisotopic (exact) mass is 449 g/mol. The first kappa shape index (κ1) is 21.8. The highest BCUT2D eigenvalue weighted by atomic mass is 32.2. The number of nitrogens with zero attached hydrogens (tertiary/aromatic N) is 2. The Bertz CT molecular complexity index is 1530. The standard InChI is InChI=1S/C22H19N3O2S.C2H4O2/c1-11-15-9-25(4)8-7-14(15)12(2)21-19(11)20-16(23-21)5-6-17-22(20)24-18(27-17)10-28-13(3)26;1-2(3)4/h5-9H,10H2,1-4H3;1H3,(H,3,4). The van der Waals surface area contributed by atoms with Gasteiger partial charge in [-0.2, -0.15) is 0 Å². The van der Waals surface area contributed by atoms with Gasteiger partial charge in [-0.1, -0.05) is 11.8 Å². The van der Waals surface area contributed by atoms with Crippen molar-refractivity contribution in [2.75, 3.05) is 0 Å². The molecule has 1 N–H and O–H groups in total. The molecule has 0 atom stereocenters. The number of carbonyl (C=O) groups excluding carboxylic acids is 2. The third kappa shape index (κ3) is 3.82. The molecule has 5 aromatic rings. The summed E-state index contributed by atoms with van der Waals surface area (Å²) in [6.45, 7) is 6.86. The fourth-order valence-corrected chi connectivity index (χ4v) is 4.54. The van der Waals surface area contributed by atoms with Crippen molar-refractivity contribution < 1.29 is 23.7 Å². The minimum Gasteiger partial charge on any atom is -0.550 e. The van der Waals surface area contributed by atoms with Crippen LogP contribution in [0.2, 0.25) is 0 Å². The molecular weight excluding hydrogens is 426 g/mol. The van der Waals surface area contributed by atoms with Crippen LogP contribution in [-0.4, -0.2) is 21.1 Å². The Hall–Kier alpha value is -3.39. The number of carboxylic acids is 1. The van der Waals surface area contributed by atoms with Gasteiger partial charge in [-0.3, -0.25) is 4.79 Å². The summed E-state index contributed by atoms with van der Waals surface area (Å²) in [6, 6.07) is 6.17. The lowest BCUT2D eigenvalue weighted by atomic mass is 9.96. The number of pyridine rings is 1. The molecule has 3 aromatic heterocycles. The van der Waals surface area contributed by atoms with Gasteiger partial charge in [-0.25, -0.2) is 9.55 Å². The van der Waals surface area contributed by atoms with E-state index in [1.54, 1.807) is 6.92 Å². The first-order chi connectivity index (χ1) is 15.2. The Kier molecular flexibility index (Phi) is 5.64. The van der Waals surface area contributed by atoms with Gasteiger partial charge in [0.15, 0.2) is 23.1 Å². The second-order valence-corrected chi connectivity index (χ2v) is 8.93. The first-order valence-corrected chi connectivity index (χ1v) is 11.1. The van der Waals surface area contributed by atoms with E-state index in [1.807, 2.05) is 19.2 Å². The molecule has 5 rings (SSSR count). The first-order valence-electron chi connectivity index (χ1n) is 10.1. The van der Waals surface area contributed by atoms with E-state index in [-0.39, 0.29) is 5.12 Å². The van der Waals surface area contributed by atoms with Gasteiger partial charge in [0.05, 0.1) is 11.3 Å². The van der Waals surface area contributed by atoms with Crippen LogP contribution in [0.25, 0.3) is 43.7 Å². The maximum absolute atomic E-state index is 11.3. The van der Waals surface area contributed by atoms with Crippen molar-refractivity contribution in [2.45, 2.75) is 33.4 Å². The highest BCUT2D eigenvalue weighted by Gasteiger charge is 2.19. The Balaban J connectivity index is 0.000000567. The summed E-state index contributed by atoms with van der Waals surface area (Å²) in [7, 11) is 2.04. The zero-order chi connectivity index (χ0) is 23.2. The summed E-state index contributed by atoms with van der Waals surface area (Å²) in [5.74, 6) is -0.0522. The average molecular weight is 450 g/mol. The third-order valence-electron chi connectivity index (χ3n) is 5.42. The quantitative estimate of drug-likeness (QED) is 0.413. The van der Waals surface area contributed by atoms with Gasteiger partial charge >= 0.3 is 0 Å². The molecule has 0 aliphatic carbocycles. The number of thioether (sulfide) groups is 1. The lowest BCUT2D eigenvalue weighted by molar-refractivity contribution is -0.670. The number of hydrogen-bond acceptors (Lipinski definition) is 6. The van der Waals surface area contributed by atoms with E-state index in [0.717, 1.165) is 34.4 Å². The van der Waals surface area contributed by atoms with Crippen molar-refractivity contribution in [1.82, 2.24) is 9.97 Å². The lowest BCUT2D eigenvalue weighted by Crippen LogP contribution is -2.26. The van der Waals surface area contributed by atoms with E-state index in [1.165, 1.54) is 39.0 Å². The molecule has 7 nitrogen and oxygen atoms in total.